The van der Waals surface area contributed by atoms with Crippen LogP contribution in [0.25, 0.3) is 0 Å². The summed E-state index contributed by atoms with van der Waals surface area (Å²) in [6.45, 7) is 3.16. The highest BCUT2D eigenvalue weighted by Gasteiger charge is 2.48. The molecule has 1 heterocycles. The Balaban J connectivity index is 2.44. The van der Waals surface area contributed by atoms with E-state index in [9.17, 15) is 43.3 Å². The number of hydrogen-bond donors (Lipinski definition) is 7. The molecule has 70 heavy (non-hydrogen) atoms. The monoisotopic (exact) mass is 1020 g/mol. The highest BCUT2D eigenvalue weighted by atomic mass is 32.3. The Hall–Kier alpha value is -1.72. The Morgan fingerprint density at radius 2 is 1.03 bits per heavy atom. The summed E-state index contributed by atoms with van der Waals surface area (Å²) in [5.74, 6) is -0.700. The number of hydrogen-bond acceptors (Lipinski definition) is 11. The van der Waals surface area contributed by atoms with Crippen LogP contribution in [-0.4, -0.2) is 107 Å². The quantitative estimate of drug-likeness (QED) is 0.0172. The molecule has 0 aromatic rings. The fourth-order valence-electron chi connectivity index (χ4n) is 9.09. The van der Waals surface area contributed by atoms with E-state index in [1.807, 2.05) is 6.08 Å². The van der Waals surface area contributed by atoms with Gasteiger partial charge in [-0.25, -0.2) is 4.18 Å². The minimum absolute atomic E-state index is 0.243. The Morgan fingerprint density at radius 1 is 0.600 bits per heavy atom. The summed E-state index contributed by atoms with van der Waals surface area (Å²) in [6, 6.07) is -1.12. The molecule has 0 radical (unpaired) electrons. The van der Waals surface area contributed by atoms with Gasteiger partial charge in [-0.3, -0.25) is 9.35 Å². The highest BCUT2D eigenvalue weighted by molar-refractivity contribution is 7.80. The van der Waals surface area contributed by atoms with Gasteiger partial charge in [0.15, 0.2) is 6.29 Å². The topological polar surface area (TPSA) is 212 Å². The molecule has 1 aliphatic rings. The molecular formula is C56H105NO12S. The first-order valence-electron chi connectivity index (χ1n) is 28.5. The van der Waals surface area contributed by atoms with Crippen molar-refractivity contribution in [3.63, 3.8) is 0 Å². The number of carbonyl (C=O) groups excluding carboxylic acids is 1. The lowest BCUT2D eigenvalue weighted by atomic mass is 9.99. The third-order valence-electron chi connectivity index (χ3n) is 13.5. The molecule has 1 rings (SSSR count). The van der Waals surface area contributed by atoms with Crippen LogP contribution >= 0.6 is 0 Å². The summed E-state index contributed by atoms with van der Waals surface area (Å²) in [5.41, 5.74) is 0. The maximum Gasteiger partial charge on any atom is 0.397 e. The number of nitrogens with one attached hydrogen (secondary N) is 1. The summed E-state index contributed by atoms with van der Waals surface area (Å²) in [7, 11) is -5.12. The molecule has 1 aliphatic heterocycles. The molecule has 0 aromatic heterocycles. The second kappa shape index (κ2) is 45.9. The van der Waals surface area contributed by atoms with Gasteiger partial charge in [0, 0.05) is 0 Å². The molecule has 14 heteroatoms. The molecule has 8 unspecified atom stereocenters. The molecule has 1 amide bonds. The minimum Gasteiger partial charge on any atom is -0.394 e. The third-order valence-corrected chi connectivity index (χ3v) is 14.0. The van der Waals surface area contributed by atoms with E-state index in [-0.39, 0.29) is 6.42 Å². The molecule has 0 spiro atoms. The first-order chi connectivity index (χ1) is 33.9. The normalized spacial score (nSPS) is 20.3. The van der Waals surface area contributed by atoms with E-state index >= 15 is 0 Å². The fraction of sp³-hybridized carbons (Fsp3) is 0.875. The number of aliphatic hydroxyl groups excluding tert-OH is 5. The second-order valence-electron chi connectivity index (χ2n) is 20.0. The summed E-state index contributed by atoms with van der Waals surface area (Å²) in [6.07, 6.45) is 45.0. The molecule has 13 nitrogen and oxygen atoms in total. The zero-order chi connectivity index (χ0) is 51.3. The molecule has 7 N–H and O–H groups in total. The highest BCUT2D eigenvalue weighted by Crippen LogP contribution is 2.26. The van der Waals surface area contributed by atoms with Crippen molar-refractivity contribution in [1.82, 2.24) is 5.32 Å². The van der Waals surface area contributed by atoms with E-state index in [2.05, 4.69) is 47.7 Å². The van der Waals surface area contributed by atoms with E-state index < -0.39 is 78.5 Å². The van der Waals surface area contributed by atoms with Crippen LogP contribution < -0.4 is 5.32 Å². The predicted molar refractivity (Wildman–Crippen MR) is 284 cm³/mol. The SMILES string of the molecule is CC/C=C\C/C=C\CCCCCCCCCCCCCCCC(O)C(=O)NC(COC1OC(CO)C(O)C(OS(=O)(=O)O)C1O)C(O)/C=C/CCCCCCCCCCCCCCCCCCCCC. The number of ether oxygens (including phenoxy) is 2. The first kappa shape index (κ1) is 66.3. The second-order valence-corrected chi connectivity index (χ2v) is 21.0. The van der Waals surface area contributed by atoms with Gasteiger partial charge in [0.25, 0.3) is 0 Å². The summed E-state index contributed by atoms with van der Waals surface area (Å²) in [4.78, 5) is 13.2. The standard InChI is InChI=1S/C56H105NO12S/c1-3-5-7-9-11-13-15-17-19-21-23-25-27-28-30-32-34-36-38-40-42-44-49(59)48(47-67-56-53(62)54(69-70(64,65)66)52(61)51(46-58)68-56)57-55(63)50(60)45-43-41-39-37-35-33-31-29-26-24-22-20-18-16-14-12-10-8-6-4-2/h6,8,12,14,42,44,48-54,56,58-62H,3-5,7,9-11,13,15-41,43,45-47H2,1-2H3,(H,57,63)(H,64,65,66)/b8-6-,14-12-,44-42+. The zero-order valence-corrected chi connectivity index (χ0v) is 45.0. The summed E-state index contributed by atoms with van der Waals surface area (Å²) >= 11 is 0. The van der Waals surface area contributed by atoms with Gasteiger partial charge in [0.2, 0.25) is 5.91 Å². The van der Waals surface area contributed by atoms with Crippen LogP contribution in [0.4, 0.5) is 0 Å². The van der Waals surface area contributed by atoms with Gasteiger partial charge in [0.05, 0.1) is 25.4 Å². The molecule has 1 saturated heterocycles. The van der Waals surface area contributed by atoms with Crippen molar-refractivity contribution in [2.24, 2.45) is 0 Å². The van der Waals surface area contributed by atoms with Crippen LogP contribution in [0.3, 0.4) is 0 Å². The lowest BCUT2D eigenvalue weighted by Gasteiger charge is -2.41. The molecule has 8 atom stereocenters. The molecular weight excluding hydrogens is 911 g/mol. The lowest BCUT2D eigenvalue weighted by Crippen LogP contribution is -2.61. The van der Waals surface area contributed by atoms with E-state index in [1.54, 1.807) is 6.08 Å². The largest absolute Gasteiger partial charge is 0.397 e. The van der Waals surface area contributed by atoms with Crippen molar-refractivity contribution in [3.8, 4) is 0 Å². The number of rotatable bonds is 49. The first-order valence-corrected chi connectivity index (χ1v) is 29.8. The van der Waals surface area contributed by atoms with Gasteiger partial charge >= 0.3 is 10.4 Å². The van der Waals surface area contributed by atoms with Crippen molar-refractivity contribution in [3.05, 3.63) is 36.5 Å². The van der Waals surface area contributed by atoms with Crippen LogP contribution in [0, 0.1) is 0 Å². The van der Waals surface area contributed by atoms with Crippen molar-refractivity contribution < 1.29 is 57.0 Å². The van der Waals surface area contributed by atoms with Crippen molar-refractivity contribution in [2.75, 3.05) is 13.2 Å². The molecule has 0 bridgehead atoms. The van der Waals surface area contributed by atoms with E-state index in [1.165, 1.54) is 167 Å². The number of unbranched alkanes of at least 4 members (excludes halogenated alkanes) is 32. The zero-order valence-electron chi connectivity index (χ0n) is 44.2. The van der Waals surface area contributed by atoms with Gasteiger partial charge in [-0.1, -0.05) is 243 Å². The van der Waals surface area contributed by atoms with Crippen LogP contribution in [0.2, 0.25) is 0 Å². The molecule has 0 aromatic carbocycles. The van der Waals surface area contributed by atoms with Gasteiger partial charge in [-0.05, 0) is 44.9 Å². The average Bonchev–Trinajstić information content (AvgIpc) is 3.33. The minimum atomic E-state index is -5.12. The van der Waals surface area contributed by atoms with Crippen molar-refractivity contribution in [1.29, 1.82) is 0 Å². The Kier molecular flexibility index (Phi) is 43.4. The van der Waals surface area contributed by atoms with Gasteiger partial charge in [0.1, 0.15) is 30.5 Å². The maximum absolute atomic E-state index is 13.2. The van der Waals surface area contributed by atoms with Crippen LogP contribution in [0.1, 0.15) is 251 Å². The molecule has 0 saturated carbocycles. The van der Waals surface area contributed by atoms with Gasteiger partial charge < -0.3 is 40.3 Å². The van der Waals surface area contributed by atoms with Crippen molar-refractivity contribution in [2.45, 2.75) is 300 Å². The summed E-state index contributed by atoms with van der Waals surface area (Å²) < 4.78 is 47.8. The molecule has 0 aliphatic carbocycles. The molecule has 1 fully saturated rings. The Bertz CT molecular complexity index is 1400. The third kappa shape index (κ3) is 37.1. The Labute approximate surface area is 427 Å². The smallest absolute Gasteiger partial charge is 0.394 e. The number of allylic oxidation sites excluding steroid dienone is 5. The van der Waals surface area contributed by atoms with Crippen LogP contribution in [0.15, 0.2) is 36.5 Å². The van der Waals surface area contributed by atoms with Gasteiger partial charge in [-0.2, -0.15) is 8.42 Å². The molecule has 412 valence electrons. The predicted octanol–water partition coefficient (Wildman–Crippen LogP) is 12.0. The number of amides is 1. The van der Waals surface area contributed by atoms with E-state index in [4.69, 9.17) is 9.47 Å². The Morgan fingerprint density at radius 3 is 1.47 bits per heavy atom. The number of aliphatic hydroxyl groups is 5. The van der Waals surface area contributed by atoms with Crippen LogP contribution in [-0.2, 0) is 28.9 Å². The average molecular weight is 1020 g/mol. The fourth-order valence-corrected chi connectivity index (χ4v) is 9.60. The maximum atomic E-state index is 13.2. The van der Waals surface area contributed by atoms with Gasteiger partial charge in [-0.15, -0.1) is 0 Å². The lowest BCUT2D eigenvalue weighted by molar-refractivity contribution is -0.298. The van der Waals surface area contributed by atoms with Crippen molar-refractivity contribution >= 4 is 16.3 Å². The summed E-state index contributed by atoms with van der Waals surface area (Å²) in [5, 5.41) is 55.6. The van der Waals surface area contributed by atoms with E-state index in [0.717, 1.165) is 51.4 Å². The van der Waals surface area contributed by atoms with E-state index in [0.29, 0.717) is 12.8 Å². The van der Waals surface area contributed by atoms with Crippen LogP contribution in [0.5, 0.6) is 0 Å². The number of carbonyl (C=O) groups is 1.